The number of nitrogens with zero attached hydrogens (tertiary/aromatic N) is 4. The van der Waals surface area contributed by atoms with Crippen LogP contribution in [0.5, 0.6) is 0 Å². The SMILES string of the molecule is NC(=O)C1CCC(n2c(Nc3c(F)cccc3F)nc3cnc(N[C@@H]4CCCO[C@H]4F)nc32)CC1. The van der Waals surface area contributed by atoms with Crippen LogP contribution in [-0.2, 0) is 9.53 Å². The Balaban J connectivity index is 1.52. The number of primary amides is 1. The van der Waals surface area contributed by atoms with E-state index in [4.69, 9.17) is 10.5 Å². The fourth-order valence-electron chi connectivity index (χ4n) is 4.79. The third-order valence-electron chi connectivity index (χ3n) is 6.66. The zero-order chi connectivity index (χ0) is 24.5. The number of aromatic nitrogens is 4. The largest absolute Gasteiger partial charge is 0.369 e. The molecule has 5 rings (SSSR count). The number of para-hydroxylation sites is 1. The van der Waals surface area contributed by atoms with Crippen LogP contribution < -0.4 is 16.4 Å². The van der Waals surface area contributed by atoms with Crippen LogP contribution in [0.15, 0.2) is 24.4 Å². The summed E-state index contributed by atoms with van der Waals surface area (Å²) in [4.78, 5) is 25.0. The van der Waals surface area contributed by atoms with Crippen LogP contribution in [0.1, 0.15) is 44.6 Å². The first-order chi connectivity index (χ1) is 16.9. The number of alkyl halides is 1. The van der Waals surface area contributed by atoms with Gasteiger partial charge in [0.05, 0.1) is 18.8 Å². The molecule has 1 aliphatic heterocycles. The molecule has 0 unspecified atom stereocenters. The number of benzene rings is 1. The predicted octanol–water partition coefficient (Wildman–Crippen LogP) is 3.95. The van der Waals surface area contributed by atoms with Crippen LogP contribution in [0.25, 0.3) is 11.2 Å². The first-order valence-electron chi connectivity index (χ1n) is 11.7. The molecule has 4 N–H and O–H groups in total. The summed E-state index contributed by atoms with van der Waals surface area (Å²) in [6.45, 7) is 0.363. The number of carbonyl (C=O) groups excluding carboxylic acids is 1. The average molecular weight is 490 g/mol. The fraction of sp³-hybridized carbons (Fsp3) is 0.478. The topological polar surface area (TPSA) is 120 Å². The summed E-state index contributed by atoms with van der Waals surface area (Å²) in [7, 11) is 0. The van der Waals surface area contributed by atoms with Gasteiger partial charge in [-0.3, -0.25) is 9.36 Å². The number of anilines is 3. The van der Waals surface area contributed by atoms with E-state index < -0.39 is 24.0 Å². The minimum absolute atomic E-state index is 0.150. The highest BCUT2D eigenvalue weighted by Gasteiger charge is 2.30. The van der Waals surface area contributed by atoms with Gasteiger partial charge in [-0.05, 0) is 50.7 Å². The summed E-state index contributed by atoms with van der Waals surface area (Å²) in [6.07, 6.45) is 3.64. The van der Waals surface area contributed by atoms with Crippen molar-refractivity contribution in [3.05, 3.63) is 36.0 Å². The lowest BCUT2D eigenvalue weighted by Gasteiger charge is -2.29. The number of ether oxygens (including phenoxy) is 1. The Labute approximate surface area is 199 Å². The Kier molecular flexibility index (Phi) is 6.46. The van der Waals surface area contributed by atoms with Gasteiger partial charge in [0.15, 0.2) is 5.65 Å². The second-order valence-corrected chi connectivity index (χ2v) is 8.95. The molecule has 0 spiro atoms. The Hall–Kier alpha value is -3.41. The van der Waals surface area contributed by atoms with E-state index in [1.165, 1.54) is 12.3 Å². The van der Waals surface area contributed by atoms with E-state index in [1.807, 2.05) is 0 Å². The molecule has 1 amide bonds. The lowest BCUT2D eigenvalue weighted by molar-refractivity contribution is -0.122. The lowest BCUT2D eigenvalue weighted by atomic mass is 9.85. The maximum absolute atomic E-state index is 14.4. The smallest absolute Gasteiger partial charge is 0.225 e. The Morgan fingerprint density at radius 3 is 2.54 bits per heavy atom. The predicted molar refractivity (Wildman–Crippen MR) is 123 cm³/mol. The van der Waals surface area contributed by atoms with Gasteiger partial charge in [-0.15, -0.1) is 0 Å². The van der Waals surface area contributed by atoms with E-state index in [-0.39, 0.29) is 35.5 Å². The highest BCUT2D eigenvalue weighted by Crippen LogP contribution is 2.37. The van der Waals surface area contributed by atoms with Gasteiger partial charge in [0.2, 0.25) is 24.2 Å². The molecular weight excluding hydrogens is 463 g/mol. The third kappa shape index (κ3) is 4.75. The number of amides is 1. The van der Waals surface area contributed by atoms with Crippen molar-refractivity contribution < 1.29 is 22.7 Å². The van der Waals surface area contributed by atoms with E-state index in [0.717, 1.165) is 12.1 Å². The molecule has 0 bridgehead atoms. The van der Waals surface area contributed by atoms with Gasteiger partial charge in [-0.25, -0.2) is 23.1 Å². The molecule has 12 heteroatoms. The molecule has 1 aliphatic carbocycles. The van der Waals surface area contributed by atoms with E-state index >= 15 is 0 Å². The summed E-state index contributed by atoms with van der Waals surface area (Å²) >= 11 is 0. The number of halogens is 3. The van der Waals surface area contributed by atoms with Crippen LogP contribution in [0.4, 0.5) is 30.8 Å². The van der Waals surface area contributed by atoms with Crippen LogP contribution in [-0.4, -0.2) is 44.4 Å². The Morgan fingerprint density at radius 1 is 1.11 bits per heavy atom. The molecule has 9 nitrogen and oxygen atoms in total. The zero-order valence-electron chi connectivity index (χ0n) is 18.9. The van der Waals surface area contributed by atoms with Crippen molar-refractivity contribution in [1.82, 2.24) is 19.5 Å². The molecule has 2 fully saturated rings. The number of fused-ring (bicyclic) bond motifs is 1. The van der Waals surface area contributed by atoms with Crippen LogP contribution >= 0.6 is 0 Å². The van der Waals surface area contributed by atoms with E-state index in [0.29, 0.717) is 56.3 Å². The number of nitrogens with two attached hydrogens (primary N) is 1. The van der Waals surface area contributed by atoms with E-state index in [2.05, 4.69) is 25.6 Å². The molecule has 3 aromatic rings. The molecule has 186 valence electrons. The average Bonchev–Trinajstić information content (AvgIpc) is 3.20. The number of nitrogens with one attached hydrogen (secondary N) is 2. The monoisotopic (exact) mass is 489 g/mol. The third-order valence-corrected chi connectivity index (χ3v) is 6.66. The molecule has 0 radical (unpaired) electrons. The summed E-state index contributed by atoms with van der Waals surface area (Å²) in [5.74, 6) is -1.69. The fourth-order valence-corrected chi connectivity index (χ4v) is 4.79. The van der Waals surface area contributed by atoms with E-state index in [9.17, 15) is 18.0 Å². The van der Waals surface area contributed by atoms with Crippen molar-refractivity contribution in [2.75, 3.05) is 17.2 Å². The van der Waals surface area contributed by atoms with Crippen molar-refractivity contribution in [3.63, 3.8) is 0 Å². The quantitative estimate of drug-likeness (QED) is 0.480. The van der Waals surface area contributed by atoms with Gasteiger partial charge in [0, 0.05) is 12.0 Å². The number of carbonyl (C=O) groups is 1. The number of hydrogen-bond acceptors (Lipinski definition) is 7. The molecule has 2 atom stereocenters. The van der Waals surface area contributed by atoms with Gasteiger partial charge in [-0.1, -0.05) is 6.07 Å². The molecule has 1 aromatic carbocycles. The first-order valence-corrected chi connectivity index (χ1v) is 11.7. The summed E-state index contributed by atoms with van der Waals surface area (Å²) in [5, 5.41) is 5.77. The summed E-state index contributed by atoms with van der Waals surface area (Å²) < 4.78 is 49.8. The molecule has 2 aromatic heterocycles. The van der Waals surface area contributed by atoms with Gasteiger partial charge in [0.25, 0.3) is 0 Å². The van der Waals surface area contributed by atoms with Gasteiger partial charge in [-0.2, -0.15) is 4.98 Å². The second kappa shape index (κ2) is 9.68. The highest BCUT2D eigenvalue weighted by molar-refractivity contribution is 5.78. The number of imidazole rings is 1. The van der Waals surface area contributed by atoms with Crippen molar-refractivity contribution in [2.24, 2.45) is 11.7 Å². The first kappa shape index (κ1) is 23.3. The molecule has 1 saturated carbocycles. The van der Waals surface area contributed by atoms with Gasteiger partial charge >= 0.3 is 0 Å². The molecule has 3 heterocycles. The van der Waals surface area contributed by atoms with E-state index in [1.54, 1.807) is 4.57 Å². The summed E-state index contributed by atoms with van der Waals surface area (Å²) in [6, 6.07) is 2.84. The maximum Gasteiger partial charge on any atom is 0.225 e. The minimum atomic E-state index is -1.47. The molecule has 35 heavy (non-hydrogen) atoms. The zero-order valence-corrected chi connectivity index (χ0v) is 18.9. The molecule has 2 aliphatic rings. The maximum atomic E-state index is 14.4. The Morgan fingerprint density at radius 2 is 1.86 bits per heavy atom. The van der Waals surface area contributed by atoms with Crippen molar-refractivity contribution in [2.45, 2.75) is 57.0 Å². The lowest BCUT2D eigenvalue weighted by Crippen LogP contribution is -2.37. The van der Waals surface area contributed by atoms with Gasteiger partial charge < -0.3 is 21.1 Å². The minimum Gasteiger partial charge on any atom is -0.369 e. The standard InChI is InChI=1S/C23H26F3N7O2/c24-14-3-1-4-15(25)18(14)31-23-30-17-11-28-22(29-16-5-2-10-35-19(16)26)32-21(17)33(23)13-8-6-12(7-9-13)20(27)34/h1,3-4,11-13,16,19H,2,5-10H2,(H2,27,34)(H,30,31)(H,28,29,32)/t12?,13?,16-,19-/m1/s1. The number of rotatable bonds is 6. The van der Waals surface area contributed by atoms with Crippen molar-refractivity contribution in [1.29, 1.82) is 0 Å². The Bertz CT molecular complexity index is 1210. The van der Waals surface area contributed by atoms with Crippen LogP contribution in [0.3, 0.4) is 0 Å². The molecule has 1 saturated heterocycles. The highest BCUT2D eigenvalue weighted by atomic mass is 19.1. The van der Waals surface area contributed by atoms with Crippen molar-refractivity contribution >= 4 is 34.7 Å². The van der Waals surface area contributed by atoms with Crippen LogP contribution in [0.2, 0.25) is 0 Å². The second-order valence-electron chi connectivity index (χ2n) is 8.95. The number of hydrogen-bond donors (Lipinski definition) is 3. The molecular formula is C23H26F3N7O2. The van der Waals surface area contributed by atoms with Gasteiger partial charge in [0.1, 0.15) is 22.8 Å². The normalized spacial score (nSPS) is 24.9. The van der Waals surface area contributed by atoms with Crippen LogP contribution in [0, 0.1) is 17.6 Å². The summed E-state index contributed by atoms with van der Waals surface area (Å²) in [5.41, 5.74) is 5.98. The van der Waals surface area contributed by atoms with Crippen molar-refractivity contribution in [3.8, 4) is 0 Å².